The molecule has 9 heteroatoms. The van der Waals surface area contributed by atoms with Gasteiger partial charge in [0.25, 0.3) is 17.7 Å². The number of hydrogen-bond acceptors (Lipinski definition) is 7. The number of imide groups is 1. The normalized spacial score (nSPS) is 12.5. The number of nitriles is 1. The molecule has 3 rings (SSSR count). The van der Waals surface area contributed by atoms with Gasteiger partial charge in [-0.3, -0.25) is 24.1 Å². The minimum atomic E-state index is -0.613. The third-order valence-electron chi connectivity index (χ3n) is 4.04. The molecule has 2 aromatic rings. The van der Waals surface area contributed by atoms with E-state index in [9.17, 15) is 19.2 Å². The summed E-state index contributed by atoms with van der Waals surface area (Å²) >= 11 is 1.20. The van der Waals surface area contributed by atoms with Gasteiger partial charge in [-0.1, -0.05) is 12.1 Å². The average molecular weight is 397 g/mol. The SMILES string of the molecule is N#Cc1ccsc1NC(=O)COC(=O)CCCN1C(=O)c2ccccc2C1=O. The van der Waals surface area contributed by atoms with E-state index in [0.717, 1.165) is 4.90 Å². The first-order valence-corrected chi connectivity index (χ1v) is 9.27. The molecule has 0 atom stereocenters. The Morgan fingerprint density at radius 1 is 1.14 bits per heavy atom. The lowest BCUT2D eigenvalue weighted by Gasteiger charge is -2.13. The van der Waals surface area contributed by atoms with E-state index >= 15 is 0 Å². The van der Waals surface area contributed by atoms with Gasteiger partial charge in [0.05, 0.1) is 16.7 Å². The van der Waals surface area contributed by atoms with Crippen LogP contribution in [-0.4, -0.2) is 41.7 Å². The van der Waals surface area contributed by atoms with E-state index in [-0.39, 0.29) is 31.2 Å². The Morgan fingerprint density at radius 2 is 1.82 bits per heavy atom. The van der Waals surface area contributed by atoms with Crippen LogP contribution in [0.3, 0.4) is 0 Å². The molecule has 0 bridgehead atoms. The number of nitrogens with zero attached hydrogens (tertiary/aromatic N) is 2. The second kappa shape index (κ2) is 8.45. The van der Waals surface area contributed by atoms with E-state index in [1.165, 1.54) is 11.3 Å². The molecule has 1 aromatic heterocycles. The Hall–Kier alpha value is -3.51. The van der Waals surface area contributed by atoms with Crippen LogP contribution in [0.1, 0.15) is 39.1 Å². The molecule has 28 heavy (non-hydrogen) atoms. The molecule has 2 heterocycles. The average Bonchev–Trinajstić information content (AvgIpc) is 3.24. The van der Waals surface area contributed by atoms with E-state index in [1.807, 2.05) is 6.07 Å². The summed E-state index contributed by atoms with van der Waals surface area (Å²) in [6.45, 7) is -0.386. The lowest BCUT2D eigenvalue weighted by Crippen LogP contribution is -2.31. The van der Waals surface area contributed by atoms with Crippen molar-refractivity contribution in [2.45, 2.75) is 12.8 Å². The fraction of sp³-hybridized carbons (Fsp3) is 0.211. The fourth-order valence-corrected chi connectivity index (χ4v) is 3.45. The number of thiophene rings is 1. The van der Waals surface area contributed by atoms with Crippen molar-refractivity contribution in [1.82, 2.24) is 4.90 Å². The lowest BCUT2D eigenvalue weighted by molar-refractivity contribution is -0.147. The zero-order valence-electron chi connectivity index (χ0n) is 14.6. The lowest BCUT2D eigenvalue weighted by atomic mass is 10.1. The quantitative estimate of drug-likeness (QED) is 0.565. The second-order valence-corrected chi connectivity index (χ2v) is 6.81. The summed E-state index contributed by atoms with van der Waals surface area (Å²) < 4.78 is 4.89. The van der Waals surface area contributed by atoms with E-state index in [0.29, 0.717) is 21.7 Å². The van der Waals surface area contributed by atoms with Crippen molar-refractivity contribution in [2.75, 3.05) is 18.5 Å². The van der Waals surface area contributed by atoms with Crippen LogP contribution in [0.5, 0.6) is 0 Å². The Kier molecular flexibility index (Phi) is 5.81. The zero-order valence-corrected chi connectivity index (χ0v) is 15.5. The van der Waals surface area contributed by atoms with Crippen molar-refractivity contribution in [2.24, 2.45) is 0 Å². The molecule has 0 spiro atoms. The Morgan fingerprint density at radius 3 is 2.46 bits per heavy atom. The van der Waals surface area contributed by atoms with Crippen molar-refractivity contribution in [3.63, 3.8) is 0 Å². The van der Waals surface area contributed by atoms with E-state index < -0.39 is 18.5 Å². The largest absolute Gasteiger partial charge is 0.456 e. The highest BCUT2D eigenvalue weighted by atomic mass is 32.1. The van der Waals surface area contributed by atoms with Crippen LogP contribution in [0.15, 0.2) is 35.7 Å². The van der Waals surface area contributed by atoms with Crippen LogP contribution >= 0.6 is 11.3 Å². The van der Waals surface area contributed by atoms with Gasteiger partial charge in [0.15, 0.2) is 6.61 Å². The van der Waals surface area contributed by atoms with Crippen LogP contribution in [0.25, 0.3) is 0 Å². The molecule has 0 aliphatic carbocycles. The Labute approximate surface area is 164 Å². The third kappa shape index (κ3) is 4.07. The van der Waals surface area contributed by atoms with E-state index in [1.54, 1.807) is 35.7 Å². The second-order valence-electron chi connectivity index (χ2n) is 5.90. The van der Waals surface area contributed by atoms with Gasteiger partial charge in [-0.15, -0.1) is 11.3 Å². The van der Waals surface area contributed by atoms with Gasteiger partial charge < -0.3 is 10.1 Å². The molecule has 1 aromatic carbocycles. The van der Waals surface area contributed by atoms with E-state index in [2.05, 4.69) is 5.32 Å². The monoisotopic (exact) mass is 397 g/mol. The Balaban J connectivity index is 1.41. The number of carbonyl (C=O) groups is 4. The van der Waals surface area contributed by atoms with Gasteiger partial charge in [0.2, 0.25) is 0 Å². The third-order valence-corrected chi connectivity index (χ3v) is 4.87. The molecule has 1 N–H and O–H groups in total. The van der Waals surface area contributed by atoms with Crippen LogP contribution in [0.2, 0.25) is 0 Å². The van der Waals surface area contributed by atoms with Gasteiger partial charge in [-0.2, -0.15) is 5.26 Å². The van der Waals surface area contributed by atoms with Crippen molar-refractivity contribution >= 4 is 40.0 Å². The number of esters is 1. The van der Waals surface area contributed by atoms with Gasteiger partial charge in [0, 0.05) is 13.0 Å². The zero-order chi connectivity index (χ0) is 20.1. The van der Waals surface area contributed by atoms with Gasteiger partial charge in [0.1, 0.15) is 11.1 Å². The molecule has 0 saturated carbocycles. The summed E-state index contributed by atoms with van der Waals surface area (Å²) in [5.41, 5.74) is 1.06. The molecule has 8 nitrogen and oxygen atoms in total. The molecule has 0 unspecified atom stereocenters. The van der Waals surface area contributed by atoms with Crippen LogP contribution < -0.4 is 5.32 Å². The summed E-state index contributed by atoms with van der Waals surface area (Å²) in [4.78, 5) is 49.1. The van der Waals surface area contributed by atoms with Crippen molar-refractivity contribution < 1.29 is 23.9 Å². The number of ether oxygens (including phenoxy) is 1. The number of amides is 3. The molecule has 142 valence electrons. The summed E-state index contributed by atoms with van der Waals surface area (Å²) in [6.07, 6.45) is 0.193. The predicted octanol–water partition coefficient (Wildman–Crippen LogP) is 2.18. The minimum Gasteiger partial charge on any atom is -0.456 e. The maximum atomic E-state index is 12.2. The number of hydrogen-bond donors (Lipinski definition) is 1. The Bertz CT molecular complexity index is 956. The standard InChI is InChI=1S/C19H15N3O5S/c20-10-12-7-9-28-17(12)21-15(23)11-27-16(24)6-3-8-22-18(25)13-4-1-2-5-14(13)19(22)26/h1-2,4-5,7,9H,3,6,8,11H2,(H,21,23). The summed E-state index contributed by atoms with van der Waals surface area (Å²) in [7, 11) is 0. The molecular weight excluding hydrogens is 382 g/mol. The van der Waals surface area contributed by atoms with Gasteiger partial charge in [-0.05, 0) is 30.0 Å². The highest BCUT2D eigenvalue weighted by Gasteiger charge is 2.34. The number of anilines is 1. The molecule has 0 saturated heterocycles. The first-order valence-electron chi connectivity index (χ1n) is 8.39. The molecule has 0 fully saturated rings. The molecule has 1 aliphatic heterocycles. The summed E-state index contributed by atoms with van der Waals surface area (Å²) in [6, 6.07) is 10.1. The molecule has 3 amide bonds. The predicted molar refractivity (Wildman–Crippen MR) is 99.7 cm³/mol. The number of rotatable bonds is 7. The summed E-state index contributed by atoms with van der Waals surface area (Å²) in [5.74, 6) is -1.92. The summed E-state index contributed by atoms with van der Waals surface area (Å²) in [5, 5.41) is 13.5. The fourth-order valence-electron chi connectivity index (χ4n) is 2.70. The smallest absolute Gasteiger partial charge is 0.306 e. The molecular formula is C19H15N3O5S. The van der Waals surface area contributed by atoms with Gasteiger partial charge >= 0.3 is 5.97 Å². The number of benzene rings is 1. The topological polar surface area (TPSA) is 117 Å². The number of nitrogens with one attached hydrogen (secondary N) is 1. The maximum Gasteiger partial charge on any atom is 0.306 e. The minimum absolute atomic E-state index is 0.0386. The highest BCUT2D eigenvalue weighted by Crippen LogP contribution is 2.23. The number of fused-ring (bicyclic) bond motifs is 1. The van der Waals surface area contributed by atoms with Crippen molar-refractivity contribution in [1.29, 1.82) is 5.26 Å². The van der Waals surface area contributed by atoms with Crippen molar-refractivity contribution in [3.05, 3.63) is 52.4 Å². The van der Waals surface area contributed by atoms with Crippen molar-refractivity contribution in [3.8, 4) is 6.07 Å². The number of carbonyl (C=O) groups excluding carboxylic acids is 4. The molecule has 1 aliphatic rings. The van der Waals surface area contributed by atoms with Crippen LogP contribution in [-0.2, 0) is 14.3 Å². The maximum absolute atomic E-state index is 12.2. The highest BCUT2D eigenvalue weighted by molar-refractivity contribution is 7.14. The molecule has 0 radical (unpaired) electrons. The van der Waals surface area contributed by atoms with Crippen LogP contribution in [0, 0.1) is 11.3 Å². The van der Waals surface area contributed by atoms with Gasteiger partial charge in [-0.25, -0.2) is 0 Å². The van der Waals surface area contributed by atoms with Crippen LogP contribution in [0.4, 0.5) is 5.00 Å². The first-order chi connectivity index (χ1) is 13.5. The first kappa shape index (κ1) is 19.3. The van der Waals surface area contributed by atoms with E-state index in [4.69, 9.17) is 10.00 Å².